The number of carbonyl (C=O) groups excluding carboxylic acids is 1. The maximum atomic E-state index is 12.8. The van der Waals surface area contributed by atoms with Crippen LogP contribution in [0.4, 0.5) is 5.82 Å². The first-order valence-corrected chi connectivity index (χ1v) is 9.26. The molecule has 0 unspecified atom stereocenters. The largest absolute Gasteiger partial charge is 0.404 e. The molecule has 1 fully saturated rings. The van der Waals surface area contributed by atoms with Gasteiger partial charge in [-0.1, -0.05) is 6.07 Å². The highest BCUT2D eigenvalue weighted by atomic mass is 16.5. The minimum Gasteiger partial charge on any atom is -0.404 e. The van der Waals surface area contributed by atoms with Crippen LogP contribution in [-0.4, -0.2) is 52.0 Å². The molecule has 4 heterocycles. The van der Waals surface area contributed by atoms with Crippen molar-refractivity contribution in [1.29, 1.82) is 0 Å². The molecule has 0 spiro atoms. The second-order valence-corrected chi connectivity index (χ2v) is 6.39. The van der Waals surface area contributed by atoms with Crippen LogP contribution in [0.2, 0.25) is 0 Å². The fourth-order valence-corrected chi connectivity index (χ4v) is 3.08. The molecular formula is C21H20N6O2. The maximum Gasteiger partial charge on any atom is 0.216 e. The third-order valence-electron chi connectivity index (χ3n) is 4.58. The Hall–Kier alpha value is -3.65. The normalized spacial score (nSPS) is 14.6. The van der Waals surface area contributed by atoms with Gasteiger partial charge in [-0.25, -0.2) is 15.0 Å². The molecule has 0 bridgehead atoms. The van der Waals surface area contributed by atoms with Gasteiger partial charge in [-0.15, -0.1) is 0 Å². The van der Waals surface area contributed by atoms with Crippen LogP contribution in [0.1, 0.15) is 16.3 Å². The van der Waals surface area contributed by atoms with E-state index in [1.54, 1.807) is 42.9 Å². The predicted molar refractivity (Wildman–Crippen MR) is 109 cm³/mol. The number of aromatic nitrogens is 4. The molecule has 0 aromatic carbocycles. The van der Waals surface area contributed by atoms with Gasteiger partial charge in [-0.3, -0.25) is 9.78 Å². The van der Waals surface area contributed by atoms with Gasteiger partial charge in [0.15, 0.2) is 5.82 Å². The zero-order valence-electron chi connectivity index (χ0n) is 15.7. The van der Waals surface area contributed by atoms with E-state index in [9.17, 15) is 4.79 Å². The molecule has 0 radical (unpaired) electrons. The Kier molecular flexibility index (Phi) is 5.53. The lowest BCUT2D eigenvalue weighted by atomic mass is 10.1. The lowest BCUT2D eigenvalue weighted by Crippen LogP contribution is -2.36. The van der Waals surface area contributed by atoms with Crippen LogP contribution in [-0.2, 0) is 4.74 Å². The predicted octanol–water partition coefficient (Wildman–Crippen LogP) is 1.95. The molecule has 0 amide bonds. The minimum absolute atomic E-state index is 0.202. The highest BCUT2D eigenvalue weighted by Gasteiger charge is 2.19. The highest BCUT2D eigenvalue weighted by Crippen LogP contribution is 2.23. The lowest BCUT2D eigenvalue weighted by molar-refractivity contribution is 0.105. The molecule has 3 aromatic rings. The molecule has 3 aromatic heterocycles. The third-order valence-corrected chi connectivity index (χ3v) is 4.58. The van der Waals surface area contributed by atoms with Gasteiger partial charge in [0, 0.05) is 43.4 Å². The summed E-state index contributed by atoms with van der Waals surface area (Å²) in [4.78, 5) is 32.3. The van der Waals surface area contributed by atoms with Crippen molar-refractivity contribution in [2.24, 2.45) is 5.73 Å². The molecule has 146 valence electrons. The summed E-state index contributed by atoms with van der Waals surface area (Å²) in [6.07, 6.45) is 6.15. The standard InChI is InChI=1S/C21H20N6O2/c22-14-16(20(28)18-3-1-2-6-23-18)21-25-8-5-17(26-21)15-4-7-24-19(13-15)27-9-11-29-12-10-27/h1-8,13-14H,9-12,22H2. The molecule has 8 heteroatoms. The molecule has 0 aliphatic carbocycles. The van der Waals surface area contributed by atoms with Crippen molar-refractivity contribution in [3.05, 3.63) is 72.7 Å². The number of allylic oxidation sites excluding steroid dienone is 1. The van der Waals surface area contributed by atoms with Crippen LogP contribution in [0, 0.1) is 0 Å². The van der Waals surface area contributed by atoms with E-state index in [-0.39, 0.29) is 22.9 Å². The molecule has 1 aliphatic heterocycles. The van der Waals surface area contributed by atoms with Crippen molar-refractivity contribution in [2.75, 3.05) is 31.2 Å². The summed E-state index contributed by atoms with van der Waals surface area (Å²) in [5.41, 5.74) is 7.79. The molecule has 1 aliphatic rings. The van der Waals surface area contributed by atoms with Crippen LogP contribution in [0.15, 0.2) is 61.2 Å². The molecule has 29 heavy (non-hydrogen) atoms. The Balaban J connectivity index is 1.64. The number of carbonyl (C=O) groups is 1. The van der Waals surface area contributed by atoms with Crippen LogP contribution in [0.25, 0.3) is 16.8 Å². The zero-order chi connectivity index (χ0) is 20.1. The van der Waals surface area contributed by atoms with E-state index in [0.29, 0.717) is 18.9 Å². The Labute approximate surface area is 168 Å². The molecule has 1 saturated heterocycles. The first-order chi connectivity index (χ1) is 14.3. The third kappa shape index (κ3) is 4.12. The molecular weight excluding hydrogens is 368 g/mol. The topological polar surface area (TPSA) is 107 Å². The fourth-order valence-electron chi connectivity index (χ4n) is 3.08. The average Bonchev–Trinajstić information content (AvgIpc) is 2.81. The van der Waals surface area contributed by atoms with Crippen molar-refractivity contribution in [3.8, 4) is 11.3 Å². The number of morpholine rings is 1. The number of Topliss-reactive ketones (excluding diaryl/α,β-unsaturated/α-hetero) is 1. The number of pyridine rings is 2. The number of rotatable bonds is 5. The minimum atomic E-state index is -0.325. The maximum absolute atomic E-state index is 12.8. The summed E-state index contributed by atoms with van der Waals surface area (Å²) in [6, 6.07) is 10.8. The Bertz CT molecular complexity index is 1030. The van der Waals surface area contributed by atoms with Gasteiger partial charge in [0.05, 0.1) is 24.5 Å². The van der Waals surface area contributed by atoms with E-state index in [2.05, 4.69) is 24.8 Å². The van der Waals surface area contributed by atoms with Crippen LogP contribution in [0.5, 0.6) is 0 Å². The molecule has 8 nitrogen and oxygen atoms in total. The summed E-state index contributed by atoms with van der Waals surface area (Å²) >= 11 is 0. The van der Waals surface area contributed by atoms with Gasteiger partial charge in [-0.05, 0) is 30.3 Å². The van der Waals surface area contributed by atoms with Crippen molar-refractivity contribution < 1.29 is 9.53 Å². The summed E-state index contributed by atoms with van der Waals surface area (Å²) in [7, 11) is 0. The molecule has 2 N–H and O–H groups in total. The quantitative estimate of drug-likeness (QED) is 0.522. The van der Waals surface area contributed by atoms with Crippen LogP contribution in [0.3, 0.4) is 0 Å². The monoisotopic (exact) mass is 388 g/mol. The van der Waals surface area contributed by atoms with Gasteiger partial charge in [0.25, 0.3) is 0 Å². The molecule has 4 rings (SSSR count). The molecule has 0 saturated carbocycles. The van der Waals surface area contributed by atoms with Crippen molar-refractivity contribution >= 4 is 17.2 Å². The summed E-state index contributed by atoms with van der Waals surface area (Å²) in [5.74, 6) is 0.796. The fraction of sp³-hybridized carbons (Fsp3) is 0.190. The number of ketones is 1. The molecule has 0 atom stereocenters. The smallest absolute Gasteiger partial charge is 0.216 e. The Morgan fingerprint density at radius 3 is 2.62 bits per heavy atom. The number of nitrogens with zero attached hydrogens (tertiary/aromatic N) is 5. The van der Waals surface area contributed by atoms with E-state index in [1.807, 2.05) is 12.1 Å². The first kappa shape index (κ1) is 18.7. The van der Waals surface area contributed by atoms with Crippen molar-refractivity contribution in [1.82, 2.24) is 19.9 Å². The first-order valence-electron chi connectivity index (χ1n) is 9.26. The lowest BCUT2D eigenvalue weighted by Gasteiger charge is -2.27. The van der Waals surface area contributed by atoms with E-state index >= 15 is 0 Å². The highest BCUT2D eigenvalue weighted by molar-refractivity contribution is 6.27. The van der Waals surface area contributed by atoms with Crippen molar-refractivity contribution in [2.45, 2.75) is 0 Å². The number of anilines is 1. The Morgan fingerprint density at radius 1 is 1.03 bits per heavy atom. The summed E-state index contributed by atoms with van der Waals surface area (Å²) in [6.45, 7) is 2.96. The van der Waals surface area contributed by atoms with E-state index in [4.69, 9.17) is 10.5 Å². The van der Waals surface area contributed by atoms with Crippen molar-refractivity contribution in [3.63, 3.8) is 0 Å². The van der Waals surface area contributed by atoms with Gasteiger partial charge in [-0.2, -0.15) is 0 Å². The average molecular weight is 388 g/mol. The second kappa shape index (κ2) is 8.57. The van der Waals surface area contributed by atoms with Crippen LogP contribution >= 0.6 is 0 Å². The van der Waals surface area contributed by atoms with Crippen LogP contribution < -0.4 is 10.6 Å². The van der Waals surface area contributed by atoms with Gasteiger partial charge in [0.1, 0.15) is 11.5 Å². The number of ether oxygens (including phenoxy) is 1. The van der Waals surface area contributed by atoms with E-state index < -0.39 is 0 Å². The van der Waals surface area contributed by atoms with Gasteiger partial charge in [0.2, 0.25) is 5.78 Å². The second-order valence-electron chi connectivity index (χ2n) is 6.39. The SMILES string of the molecule is NC=C(C(=O)c1ccccn1)c1nccc(-c2ccnc(N3CCOCC3)c2)n1. The summed E-state index contributed by atoms with van der Waals surface area (Å²) < 4.78 is 5.40. The Morgan fingerprint density at radius 2 is 1.86 bits per heavy atom. The van der Waals surface area contributed by atoms with Gasteiger partial charge < -0.3 is 15.4 Å². The van der Waals surface area contributed by atoms with E-state index in [0.717, 1.165) is 24.5 Å². The number of hydrogen-bond donors (Lipinski definition) is 1. The number of hydrogen-bond acceptors (Lipinski definition) is 8. The van der Waals surface area contributed by atoms with Gasteiger partial charge >= 0.3 is 0 Å². The van der Waals surface area contributed by atoms with E-state index in [1.165, 1.54) is 6.20 Å². The summed E-state index contributed by atoms with van der Waals surface area (Å²) in [5, 5.41) is 0. The zero-order valence-corrected chi connectivity index (χ0v) is 15.7. The number of nitrogens with two attached hydrogens (primary N) is 1.